The lowest BCUT2D eigenvalue weighted by Gasteiger charge is -2.36. The molecule has 1 aromatic carbocycles. The van der Waals surface area contributed by atoms with Crippen molar-refractivity contribution in [2.75, 3.05) is 37.6 Å². The summed E-state index contributed by atoms with van der Waals surface area (Å²) in [5.74, 6) is 0.354. The summed E-state index contributed by atoms with van der Waals surface area (Å²) in [6.45, 7) is 7.21. The van der Waals surface area contributed by atoms with Crippen LogP contribution in [-0.2, 0) is 4.79 Å². The van der Waals surface area contributed by atoms with Crippen LogP contribution in [0.3, 0.4) is 0 Å². The van der Waals surface area contributed by atoms with Crippen molar-refractivity contribution in [2.24, 2.45) is 10.7 Å². The number of hydrogen-bond donors (Lipinski definition) is 2. The Kier molecular flexibility index (Phi) is 5.63. The van der Waals surface area contributed by atoms with E-state index in [2.05, 4.69) is 27.3 Å². The third-order valence-electron chi connectivity index (χ3n) is 3.57. The Morgan fingerprint density at radius 3 is 2.45 bits per heavy atom. The number of piperazine rings is 1. The summed E-state index contributed by atoms with van der Waals surface area (Å²) in [4.78, 5) is 20.4. The minimum Gasteiger partial charge on any atom is -0.370 e. The molecule has 0 radical (unpaired) electrons. The number of hydrogen-bond acceptors (Lipinski definition) is 3. The number of nitrogens with two attached hydrogens (primary N) is 1. The third kappa shape index (κ3) is 4.65. The third-order valence-corrected chi connectivity index (χ3v) is 3.57. The molecule has 1 aliphatic rings. The maximum absolute atomic E-state index is 12.1. The van der Waals surface area contributed by atoms with Crippen molar-refractivity contribution in [1.29, 1.82) is 0 Å². The fraction of sp³-hybridized carbons (Fsp3) is 0.500. The molecular weight excluding hydrogens is 278 g/mol. The Balaban J connectivity index is 1.80. The van der Waals surface area contributed by atoms with Gasteiger partial charge in [0.2, 0.25) is 5.91 Å². The number of aliphatic imine (C=N–C) groups is 1. The van der Waals surface area contributed by atoms with E-state index in [0.29, 0.717) is 5.96 Å². The molecule has 1 amide bonds. The maximum atomic E-state index is 12.1. The zero-order valence-corrected chi connectivity index (χ0v) is 13.3. The highest BCUT2D eigenvalue weighted by Crippen LogP contribution is 2.15. The Hall–Kier alpha value is -2.24. The lowest BCUT2D eigenvalue weighted by Crippen LogP contribution is -2.49. The van der Waals surface area contributed by atoms with E-state index in [9.17, 15) is 4.79 Å². The number of nitrogens with zero attached hydrogens (tertiary/aromatic N) is 3. The fourth-order valence-electron chi connectivity index (χ4n) is 2.45. The second-order valence-corrected chi connectivity index (χ2v) is 5.70. The van der Waals surface area contributed by atoms with Gasteiger partial charge in [-0.1, -0.05) is 18.2 Å². The molecule has 0 aliphatic carbocycles. The summed E-state index contributed by atoms with van der Waals surface area (Å²) in [5.41, 5.74) is 6.92. The fourth-order valence-corrected chi connectivity index (χ4v) is 2.45. The van der Waals surface area contributed by atoms with Gasteiger partial charge in [-0.05, 0) is 26.0 Å². The van der Waals surface area contributed by atoms with Gasteiger partial charge in [0, 0.05) is 37.9 Å². The van der Waals surface area contributed by atoms with Crippen molar-refractivity contribution in [2.45, 2.75) is 19.9 Å². The highest BCUT2D eigenvalue weighted by atomic mass is 16.2. The molecule has 6 heteroatoms. The van der Waals surface area contributed by atoms with Crippen LogP contribution >= 0.6 is 0 Å². The molecule has 1 fully saturated rings. The van der Waals surface area contributed by atoms with Crippen LogP contribution in [-0.4, -0.2) is 55.5 Å². The summed E-state index contributed by atoms with van der Waals surface area (Å²) < 4.78 is 0. The standard InChI is InChI=1S/C16H25N5O/c1-13(2)19-16(17)18-12-15(22)21-10-8-20(9-11-21)14-6-4-3-5-7-14/h3-7,13H,8-12H2,1-2H3,(H3,17,18,19). The number of amides is 1. The van der Waals surface area contributed by atoms with Gasteiger partial charge in [0.05, 0.1) is 0 Å². The average molecular weight is 303 g/mol. The normalized spacial score (nSPS) is 16.0. The maximum Gasteiger partial charge on any atom is 0.244 e. The minimum atomic E-state index is 0.0289. The first-order chi connectivity index (χ1) is 10.6. The number of para-hydroxylation sites is 1. The average Bonchev–Trinajstić information content (AvgIpc) is 2.53. The second-order valence-electron chi connectivity index (χ2n) is 5.70. The molecule has 0 atom stereocenters. The zero-order valence-electron chi connectivity index (χ0n) is 13.3. The van der Waals surface area contributed by atoms with Gasteiger partial charge in [0.15, 0.2) is 5.96 Å². The molecule has 1 aliphatic heterocycles. The number of carbonyl (C=O) groups is 1. The number of benzene rings is 1. The Labute approximate surface area is 132 Å². The summed E-state index contributed by atoms with van der Waals surface area (Å²) >= 11 is 0. The molecule has 0 unspecified atom stereocenters. The van der Waals surface area contributed by atoms with Gasteiger partial charge in [-0.15, -0.1) is 0 Å². The molecule has 0 spiro atoms. The van der Waals surface area contributed by atoms with Crippen molar-refractivity contribution >= 4 is 17.6 Å². The van der Waals surface area contributed by atoms with Crippen molar-refractivity contribution in [1.82, 2.24) is 10.2 Å². The van der Waals surface area contributed by atoms with E-state index in [0.717, 1.165) is 26.2 Å². The SMILES string of the molecule is CC(C)NC(N)=NCC(=O)N1CCN(c2ccccc2)CC1. The predicted octanol–water partition coefficient (Wildman–Crippen LogP) is 0.648. The molecular formula is C16H25N5O. The first-order valence-electron chi connectivity index (χ1n) is 7.70. The van der Waals surface area contributed by atoms with Gasteiger partial charge in [-0.25, -0.2) is 4.99 Å². The van der Waals surface area contributed by atoms with Gasteiger partial charge in [-0.3, -0.25) is 4.79 Å². The number of guanidine groups is 1. The number of carbonyl (C=O) groups excluding carboxylic acids is 1. The molecule has 1 saturated heterocycles. The highest BCUT2D eigenvalue weighted by Gasteiger charge is 2.20. The van der Waals surface area contributed by atoms with Crippen LogP contribution in [0.15, 0.2) is 35.3 Å². The van der Waals surface area contributed by atoms with Crippen molar-refractivity contribution in [3.8, 4) is 0 Å². The summed E-state index contributed by atoms with van der Waals surface area (Å²) in [5, 5.41) is 2.98. The smallest absolute Gasteiger partial charge is 0.244 e. The zero-order chi connectivity index (χ0) is 15.9. The highest BCUT2D eigenvalue weighted by molar-refractivity contribution is 5.84. The molecule has 3 N–H and O–H groups in total. The molecule has 22 heavy (non-hydrogen) atoms. The largest absolute Gasteiger partial charge is 0.370 e. The molecule has 1 heterocycles. The lowest BCUT2D eigenvalue weighted by atomic mass is 10.2. The van der Waals surface area contributed by atoms with E-state index in [-0.39, 0.29) is 18.5 Å². The number of anilines is 1. The van der Waals surface area contributed by atoms with Gasteiger partial charge < -0.3 is 20.9 Å². The van der Waals surface area contributed by atoms with Crippen LogP contribution in [0.1, 0.15) is 13.8 Å². The minimum absolute atomic E-state index is 0.0289. The van der Waals surface area contributed by atoms with Crippen molar-refractivity contribution < 1.29 is 4.79 Å². The predicted molar refractivity (Wildman–Crippen MR) is 90.0 cm³/mol. The van der Waals surface area contributed by atoms with Crippen molar-refractivity contribution in [3.63, 3.8) is 0 Å². The van der Waals surface area contributed by atoms with E-state index in [1.165, 1.54) is 5.69 Å². The van der Waals surface area contributed by atoms with E-state index in [1.807, 2.05) is 36.9 Å². The summed E-state index contributed by atoms with van der Waals surface area (Å²) in [6, 6.07) is 10.5. The lowest BCUT2D eigenvalue weighted by molar-refractivity contribution is -0.129. The Morgan fingerprint density at radius 2 is 1.86 bits per heavy atom. The topological polar surface area (TPSA) is 74.0 Å². The summed E-state index contributed by atoms with van der Waals surface area (Å²) in [7, 11) is 0. The van der Waals surface area contributed by atoms with E-state index >= 15 is 0 Å². The molecule has 0 bridgehead atoms. The first-order valence-corrected chi connectivity index (χ1v) is 7.70. The Morgan fingerprint density at radius 1 is 1.23 bits per heavy atom. The molecule has 2 rings (SSSR count). The van der Waals surface area contributed by atoms with E-state index in [4.69, 9.17) is 5.73 Å². The van der Waals surface area contributed by atoms with Crippen LogP contribution in [0.2, 0.25) is 0 Å². The van der Waals surface area contributed by atoms with Gasteiger partial charge in [-0.2, -0.15) is 0 Å². The van der Waals surface area contributed by atoms with Crippen LogP contribution in [0.4, 0.5) is 5.69 Å². The summed E-state index contributed by atoms with van der Waals surface area (Å²) in [6.07, 6.45) is 0. The second kappa shape index (κ2) is 7.68. The molecule has 0 saturated carbocycles. The molecule has 1 aromatic rings. The number of nitrogens with one attached hydrogen (secondary N) is 1. The van der Waals surface area contributed by atoms with Gasteiger partial charge >= 0.3 is 0 Å². The van der Waals surface area contributed by atoms with Gasteiger partial charge in [0.25, 0.3) is 0 Å². The molecule has 120 valence electrons. The van der Waals surface area contributed by atoms with E-state index in [1.54, 1.807) is 0 Å². The first kappa shape index (κ1) is 16.1. The van der Waals surface area contributed by atoms with Crippen molar-refractivity contribution in [3.05, 3.63) is 30.3 Å². The van der Waals surface area contributed by atoms with E-state index < -0.39 is 0 Å². The number of rotatable bonds is 4. The van der Waals surface area contributed by atoms with Crippen LogP contribution in [0.25, 0.3) is 0 Å². The van der Waals surface area contributed by atoms with Gasteiger partial charge in [0.1, 0.15) is 6.54 Å². The van der Waals surface area contributed by atoms with Crippen LogP contribution in [0.5, 0.6) is 0 Å². The van der Waals surface area contributed by atoms with Crippen LogP contribution < -0.4 is 16.0 Å². The monoisotopic (exact) mass is 303 g/mol. The quantitative estimate of drug-likeness (QED) is 0.632. The van der Waals surface area contributed by atoms with Crippen LogP contribution in [0, 0.1) is 0 Å². The molecule has 6 nitrogen and oxygen atoms in total. The Bertz CT molecular complexity index is 507. The molecule has 0 aromatic heterocycles.